The van der Waals surface area contributed by atoms with Gasteiger partial charge in [-0.05, 0) is 42.0 Å². The second kappa shape index (κ2) is 11.8. The fourth-order valence-electron chi connectivity index (χ4n) is 3.28. The lowest BCUT2D eigenvalue weighted by atomic mass is 10.1. The Kier molecular flexibility index (Phi) is 9.06. The summed E-state index contributed by atoms with van der Waals surface area (Å²) in [6.45, 7) is 1.09. The molecule has 1 aliphatic rings. The van der Waals surface area contributed by atoms with E-state index >= 15 is 0 Å². The number of methoxy groups -OCH3 is 2. The maximum atomic E-state index is 13.2. The molecule has 33 heavy (non-hydrogen) atoms. The van der Waals surface area contributed by atoms with Crippen molar-refractivity contribution in [3.63, 3.8) is 0 Å². The molecule has 11 heteroatoms. The van der Waals surface area contributed by atoms with Crippen molar-refractivity contribution in [2.45, 2.75) is 6.54 Å². The minimum Gasteiger partial charge on any atom is -0.493 e. The lowest BCUT2D eigenvalue weighted by Crippen LogP contribution is -2.35. The number of alkyl halides is 2. The van der Waals surface area contributed by atoms with Crippen LogP contribution in [0.2, 0.25) is 0 Å². The Bertz CT molecular complexity index is 1060. The van der Waals surface area contributed by atoms with Crippen LogP contribution in [0.4, 0.5) is 5.69 Å². The van der Waals surface area contributed by atoms with Crippen LogP contribution in [-0.2, 0) is 15.9 Å². The van der Waals surface area contributed by atoms with Crippen molar-refractivity contribution in [2.75, 3.05) is 44.4 Å². The van der Waals surface area contributed by atoms with Gasteiger partial charge in [-0.15, -0.1) is 23.2 Å². The zero-order valence-electron chi connectivity index (χ0n) is 18.3. The number of carbonyl (C=O) groups excluding carboxylic acids is 1. The van der Waals surface area contributed by atoms with E-state index in [0.29, 0.717) is 54.3 Å². The average molecular weight is 514 g/mol. The molecule has 1 unspecified atom stereocenters. The number of nitrogens with one attached hydrogen (secondary N) is 2. The number of carbonyl (C=O) groups is 1. The first-order valence-corrected chi connectivity index (χ1v) is 12.8. The van der Waals surface area contributed by atoms with Crippen molar-refractivity contribution in [1.82, 2.24) is 9.76 Å². The second-order valence-electron chi connectivity index (χ2n) is 7.04. The fraction of sp³-hybridized carbons (Fsp3) is 0.318. The van der Waals surface area contributed by atoms with Gasteiger partial charge in [-0.3, -0.25) is 4.79 Å². The first-order chi connectivity index (χ1) is 15.9. The summed E-state index contributed by atoms with van der Waals surface area (Å²) in [5.74, 6) is 2.00. The summed E-state index contributed by atoms with van der Waals surface area (Å²) >= 11 is 11.7. The molecule has 0 aromatic heterocycles. The van der Waals surface area contributed by atoms with Gasteiger partial charge in [0, 0.05) is 48.7 Å². The molecule has 178 valence electrons. The Morgan fingerprint density at radius 2 is 1.88 bits per heavy atom. The number of benzene rings is 2. The van der Waals surface area contributed by atoms with Gasteiger partial charge in [0.05, 0.1) is 14.2 Å². The number of nitrogens with zero attached hydrogens (tertiary/aromatic N) is 1. The molecule has 0 saturated heterocycles. The zero-order chi connectivity index (χ0) is 23.8. The van der Waals surface area contributed by atoms with E-state index < -0.39 is 7.67 Å². The van der Waals surface area contributed by atoms with Gasteiger partial charge in [0.15, 0.2) is 11.5 Å². The Balaban J connectivity index is 1.67. The molecule has 1 aliphatic heterocycles. The summed E-state index contributed by atoms with van der Waals surface area (Å²) in [6.07, 6.45) is 3.11. The first-order valence-electron chi connectivity index (χ1n) is 10.2. The van der Waals surface area contributed by atoms with Crippen LogP contribution >= 0.6 is 30.9 Å². The second-order valence-corrected chi connectivity index (χ2v) is 9.90. The van der Waals surface area contributed by atoms with Crippen LogP contribution in [0.25, 0.3) is 6.08 Å². The average Bonchev–Trinajstić information content (AvgIpc) is 2.82. The molecule has 1 heterocycles. The molecule has 0 aliphatic carbocycles. The molecule has 2 N–H and O–H groups in total. The normalized spacial score (nSPS) is 17.5. The molecule has 2 aromatic carbocycles. The molecule has 2 aromatic rings. The molecule has 0 fully saturated rings. The highest BCUT2D eigenvalue weighted by molar-refractivity contribution is 7.54. The molecule has 3 rings (SSSR count). The standard InChI is InChI=1S/C22H26Cl2N3O5P/c1-30-20-6-3-16(13-21(20)31-2)4-8-22(28)26-18-5-7-19-17(14-18)15-25-33(29,32-19)27(11-9-23)12-10-24/h3-8,13-14H,9-12,15H2,1-2H3,(H,25,29)(H,26,28)/b8-4+. The van der Waals surface area contributed by atoms with Crippen LogP contribution in [-0.4, -0.2) is 49.6 Å². The van der Waals surface area contributed by atoms with Crippen molar-refractivity contribution in [3.8, 4) is 17.2 Å². The van der Waals surface area contributed by atoms with Gasteiger partial charge < -0.3 is 19.3 Å². The lowest BCUT2D eigenvalue weighted by molar-refractivity contribution is -0.111. The molecule has 0 bridgehead atoms. The van der Waals surface area contributed by atoms with E-state index in [-0.39, 0.29) is 5.91 Å². The number of hydrogen-bond acceptors (Lipinski definition) is 5. The topological polar surface area (TPSA) is 89.1 Å². The van der Waals surface area contributed by atoms with Crippen molar-refractivity contribution in [1.29, 1.82) is 0 Å². The largest absolute Gasteiger partial charge is 0.493 e. The number of anilines is 1. The smallest absolute Gasteiger partial charge is 0.393 e. The molecule has 0 radical (unpaired) electrons. The Hall–Kier alpha value is -2.22. The van der Waals surface area contributed by atoms with E-state index in [0.717, 1.165) is 11.1 Å². The summed E-state index contributed by atoms with van der Waals surface area (Å²) in [6, 6.07) is 10.5. The predicted octanol–water partition coefficient (Wildman–Crippen LogP) is 4.73. The van der Waals surface area contributed by atoms with Crippen LogP contribution in [0.15, 0.2) is 42.5 Å². The van der Waals surface area contributed by atoms with E-state index in [1.807, 2.05) is 6.07 Å². The van der Waals surface area contributed by atoms with Crippen LogP contribution in [0.1, 0.15) is 11.1 Å². The van der Waals surface area contributed by atoms with Gasteiger partial charge in [0.2, 0.25) is 5.91 Å². The van der Waals surface area contributed by atoms with Crippen LogP contribution in [0.5, 0.6) is 17.2 Å². The highest BCUT2D eigenvalue weighted by atomic mass is 35.5. The molecule has 1 amide bonds. The number of halogens is 2. The van der Waals surface area contributed by atoms with Crippen molar-refractivity contribution < 1.29 is 23.4 Å². The number of hydrogen-bond donors (Lipinski definition) is 2. The monoisotopic (exact) mass is 513 g/mol. The summed E-state index contributed by atoms with van der Waals surface area (Å²) in [4.78, 5) is 12.4. The summed E-state index contributed by atoms with van der Waals surface area (Å²) < 4.78 is 31.1. The van der Waals surface area contributed by atoms with Crippen LogP contribution in [0, 0.1) is 0 Å². The van der Waals surface area contributed by atoms with Crippen molar-refractivity contribution in [3.05, 3.63) is 53.6 Å². The van der Waals surface area contributed by atoms with Crippen molar-refractivity contribution in [2.24, 2.45) is 0 Å². The third kappa shape index (κ3) is 6.43. The predicted molar refractivity (Wildman–Crippen MR) is 132 cm³/mol. The third-order valence-electron chi connectivity index (χ3n) is 4.91. The minimum absolute atomic E-state index is 0.296. The van der Waals surface area contributed by atoms with Gasteiger partial charge in [-0.2, -0.15) is 0 Å². The Labute approximate surface area is 203 Å². The molecule has 0 saturated carbocycles. The maximum absolute atomic E-state index is 13.2. The van der Waals surface area contributed by atoms with E-state index in [2.05, 4.69) is 10.4 Å². The zero-order valence-corrected chi connectivity index (χ0v) is 20.8. The third-order valence-corrected chi connectivity index (χ3v) is 7.40. The van der Waals surface area contributed by atoms with Gasteiger partial charge >= 0.3 is 7.67 Å². The number of rotatable bonds is 10. The molecular weight excluding hydrogens is 488 g/mol. The summed E-state index contributed by atoms with van der Waals surface area (Å²) in [5.41, 5.74) is 2.16. The number of ether oxygens (including phenoxy) is 2. The maximum Gasteiger partial charge on any atom is 0.393 e. The minimum atomic E-state index is -3.29. The molecule has 0 spiro atoms. The molecular formula is C22H26Cl2N3O5P. The van der Waals surface area contributed by atoms with E-state index in [4.69, 9.17) is 37.2 Å². The van der Waals surface area contributed by atoms with Gasteiger partial charge in [0.1, 0.15) is 5.75 Å². The van der Waals surface area contributed by atoms with Crippen LogP contribution < -0.4 is 24.4 Å². The fourth-order valence-corrected chi connectivity index (χ4v) is 5.84. The van der Waals surface area contributed by atoms with E-state index in [1.165, 1.54) is 6.08 Å². The molecule has 8 nitrogen and oxygen atoms in total. The summed E-state index contributed by atoms with van der Waals surface area (Å²) in [5, 5.41) is 5.78. The number of fused-ring (bicyclic) bond motifs is 1. The lowest BCUT2D eigenvalue weighted by Gasteiger charge is -2.34. The van der Waals surface area contributed by atoms with E-state index in [9.17, 15) is 9.36 Å². The number of amides is 1. The molecule has 1 atom stereocenters. The quantitative estimate of drug-likeness (QED) is 0.269. The van der Waals surface area contributed by atoms with Crippen LogP contribution in [0.3, 0.4) is 0 Å². The van der Waals surface area contributed by atoms with Crippen molar-refractivity contribution >= 4 is 48.5 Å². The van der Waals surface area contributed by atoms with Gasteiger partial charge in [-0.25, -0.2) is 14.3 Å². The highest BCUT2D eigenvalue weighted by Gasteiger charge is 2.36. The Morgan fingerprint density at radius 1 is 1.15 bits per heavy atom. The SMILES string of the molecule is COc1ccc(/C=C/C(=O)Nc2ccc3c(c2)CNP(=O)(N(CCCl)CCCl)O3)cc1OC. The van der Waals surface area contributed by atoms with Gasteiger partial charge in [0.25, 0.3) is 0 Å². The first kappa shape index (κ1) is 25.4. The summed E-state index contributed by atoms with van der Waals surface area (Å²) in [7, 11) is -0.174. The Morgan fingerprint density at radius 3 is 2.55 bits per heavy atom. The van der Waals surface area contributed by atoms with E-state index in [1.54, 1.807) is 55.3 Å². The van der Waals surface area contributed by atoms with Gasteiger partial charge in [-0.1, -0.05) is 6.07 Å². The highest BCUT2D eigenvalue weighted by Crippen LogP contribution is 2.51.